The summed E-state index contributed by atoms with van der Waals surface area (Å²) in [5.41, 5.74) is 0. The average molecular weight is 341 g/mol. The maximum absolute atomic E-state index is 12.1. The number of rotatable bonds is 7. The van der Waals surface area contributed by atoms with E-state index >= 15 is 0 Å². The van der Waals surface area contributed by atoms with Crippen LogP contribution in [0.2, 0.25) is 0 Å². The molecule has 0 aromatic heterocycles. The van der Waals surface area contributed by atoms with E-state index in [-0.39, 0.29) is 30.5 Å². The first-order chi connectivity index (χ1) is 11.3. The molecule has 24 heavy (non-hydrogen) atoms. The molecule has 0 spiro atoms. The first kappa shape index (κ1) is 20.3. The predicted octanol–water partition coefficient (Wildman–Crippen LogP) is 1.62. The molecule has 1 fully saturated rings. The van der Waals surface area contributed by atoms with Crippen LogP contribution < -0.4 is 5.32 Å². The van der Waals surface area contributed by atoms with Crippen LogP contribution in [0.25, 0.3) is 0 Å². The van der Waals surface area contributed by atoms with E-state index < -0.39 is 0 Å². The van der Waals surface area contributed by atoms with Gasteiger partial charge in [0.2, 0.25) is 11.8 Å². The summed E-state index contributed by atoms with van der Waals surface area (Å²) >= 11 is 0. The topological polar surface area (TPSA) is 79.0 Å². The minimum atomic E-state index is -0.309. The van der Waals surface area contributed by atoms with Gasteiger partial charge in [0.05, 0.1) is 13.2 Å². The maximum atomic E-state index is 12.1. The van der Waals surface area contributed by atoms with Crippen molar-refractivity contribution in [2.45, 2.75) is 53.0 Å². The highest BCUT2D eigenvalue weighted by Crippen LogP contribution is 2.17. The van der Waals surface area contributed by atoms with Crippen molar-refractivity contribution < 1.29 is 19.1 Å². The number of nitrogens with one attached hydrogen (secondary N) is 1. The zero-order valence-electron chi connectivity index (χ0n) is 15.3. The number of hydrogen-bond donors (Lipinski definition) is 1. The summed E-state index contributed by atoms with van der Waals surface area (Å²) in [4.78, 5) is 39.0. The molecule has 1 aliphatic rings. The highest BCUT2D eigenvalue weighted by Gasteiger charge is 2.29. The van der Waals surface area contributed by atoms with Gasteiger partial charge in [-0.3, -0.25) is 9.59 Å². The van der Waals surface area contributed by atoms with Crippen LogP contribution in [-0.4, -0.2) is 66.5 Å². The number of nitrogens with zero attached hydrogens (tertiary/aromatic N) is 2. The molecule has 0 atom stereocenters. The Bertz CT molecular complexity index is 432. The number of carbonyl (C=O) groups is 3. The van der Waals surface area contributed by atoms with Crippen molar-refractivity contribution in [1.29, 1.82) is 0 Å². The van der Waals surface area contributed by atoms with Crippen molar-refractivity contribution in [1.82, 2.24) is 15.1 Å². The molecule has 1 N–H and O–H groups in total. The molecule has 0 aliphatic carbocycles. The quantitative estimate of drug-likeness (QED) is 0.763. The van der Waals surface area contributed by atoms with Gasteiger partial charge in [0.15, 0.2) is 0 Å². The van der Waals surface area contributed by atoms with E-state index in [9.17, 15) is 14.4 Å². The van der Waals surface area contributed by atoms with Gasteiger partial charge in [-0.1, -0.05) is 13.8 Å². The van der Waals surface area contributed by atoms with Crippen LogP contribution >= 0.6 is 0 Å². The van der Waals surface area contributed by atoms with Gasteiger partial charge in [-0.05, 0) is 32.1 Å². The Hall–Kier alpha value is -1.79. The summed E-state index contributed by atoms with van der Waals surface area (Å²) in [5, 5.41) is 2.86. The Morgan fingerprint density at radius 1 is 1.25 bits per heavy atom. The fourth-order valence-electron chi connectivity index (χ4n) is 2.78. The van der Waals surface area contributed by atoms with Gasteiger partial charge in [-0.2, -0.15) is 0 Å². The zero-order valence-corrected chi connectivity index (χ0v) is 15.3. The van der Waals surface area contributed by atoms with Gasteiger partial charge < -0.3 is 19.9 Å². The van der Waals surface area contributed by atoms with Crippen LogP contribution in [0.4, 0.5) is 4.79 Å². The minimum absolute atomic E-state index is 0.0102. The van der Waals surface area contributed by atoms with Crippen molar-refractivity contribution in [3.8, 4) is 0 Å². The number of hydrogen-bond acceptors (Lipinski definition) is 4. The minimum Gasteiger partial charge on any atom is -0.450 e. The molecule has 0 radical (unpaired) electrons. The lowest BCUT2D eigenvalue weighted by Gasteiger charge is -2.37. The van der Waals surface area contributed by atoms with Gasteiger partial charge in [0, 0.05) is 32.6 Å². The van der Waals surface area contributed by atoms with Gasteiger partial charge in [-0.25, -0.2) is 4.79 Å². The SMILES string of the molecule is CCOC(=O)N1CCC(N(CC(=O)NCCC(C)C)C(C)=O)CC1. The second-order valence-corrected chi connectivity index (χ2v) is 6.60. The molecule has 3 amide bonds. The lowest BCUT2D eigenvalue weighted by atomic mass is 10.0. The smallest absolute Gasteiger partial charge is 0.409 e. The van der Waals surface area contributed by atoms with Crippen LogP contribution in [0.15, 0.2) is 0 Å². The van der Waals surface area contributed by atoms with Crippen LogP contribution in [-0.2, 0) is 14.3 Å². The van der Waals surface area contributed by atoms with Gasteiger partial charge in [-0.15, -0.1) is 0 Å². The molecule has 0 saturated carbocycles. The third-order valence-corrected chi connectivity index (χ3v) is 4.19. The van der Waals surface area contributed by atoms with E-state index in [4.69, 9.17) is 4.74 Å². The summed E-state index contributed by atoms with van der Waals surface area (Å²) in [7, 11) is 0. The van der Waals surface area contributed by atoms with Crippen LogP contribution in [0.5, 0.6) is 0 Å². The third-order valence-electron chi connectivity index (χ3n) is 4.19. The summed E-state index contributed by atoms with van der Waals surface area (Å²) < 4.78 is 4.99. The van der Waals surface area contributed by atoms with E-state index in [0.717, 1.165) is 6.42 Å². The lowest BCUT2D eigenvalue weighted by molar-refractivity contribution is -0.137. The van der Waals surface area contributed by atoms with E-state index in [0.29, 0.717) is 45.0 Å². The average Bonchev–Trinajstić information content (AvgIpc) is 2.52. The summed E-state index contributed by atoms with van der Waals surface area (Å²) in [5.74, 6) is 0.295. The van der Waals surface area contributed by atoms with Gasteiger partial charge in [0.25, 0.3) is 0 Å². The summed E-state index contributed by atoms with van der Waals surface area (Å²) in [6, 6.07) is -0.0102. The molecule has 1 saturated heterocycles. The lowest BCUT2D eigenvalue weighted by Crippen LogP contribution is -2.51. The number of carbonyl (C=O) groups excluding carboxylic acids is 3. The van der Waals surface area contributed by atoms with Gasteiger partial charge >= 0.3 is 6.09 Å². The van der Waals surface area contributed by atoms with E-state index in [2.05, 4.69) is 19.2 Å². The molecule has 1 rings (SSSR count). The van der Waals surface area contributed by atoms with Crippen LogP contribution in [0, 0.1) is 5.92 Å². The molecule has 1 heterocycles. The molecule has 0 aromatic carbocycles. The van der Waals surface area contributed by atoms with Crippen LogP contribution in [0.3, 0.4) is 0 Å². The number of ether oxygens (including phenoxy) is 1. The Labute approximate surface area is 144 Å². The second-order valence-electron chi connectivity index (χ2n) is 6.60. The Morgan fingerprint density at radius 2 is 1.88 bits per heavy atom. The summed E-state index contributed by atoms with van der Waals surface area (Å²) in [6.07, 6.45) is 1.94. The highest BCUT2D eigenvalue weighted by molar-refractivity contribution is 5.84. The molecule has 0 aromatic rings. The predicted molar refractivity (Wildman–Crippen MR) is 91.5 cm³/mol. The largest absolute Gasteiger partial charge is 0.450 e. The van der Waals surface area contributed by atoms with E-state index in [1.165, 1.54) is 6.92 Å². The van der Waals surface area contributed by atoms with Gasteiger partial charge in [0.1, 0.15) is 0 Å². The summed E-state index contributed by atoms with van der Waals surface area (Å²) in [6.45, 7) is 9.62. The third kappa shape index (κ3) is 6.76. The number of amides is 3. The highest BCUT2D eigenvalue weighted by atomic mass is 16.6. The molecule has 7 nitrogen and oxygen atoms in total. The monoisotopic (exact) mass is 341 g/mol. The van der Waals surface area contributed by atoms with Crippen molar-refractivity contribution in [2.24, 2.45) is 5.92 Å². The Balaban J connectivity index is 2.47. The first-order valence-electron chi connectivity index (χ1n) is 8.80. The molecule has 1 aliphatic heterocycles. The Kier molecular flexibility index (Phi) is 8.57. The fraction of sp³-hybridized carbons (Fsp3) is 0.824. The zero-order chi connectivity index (χ0) is 18.1. The molecular weight excluding hydrogens is 310 g/mol. The first-order valence-corrected chi connectivity index (χ1v) is 8.80. The van der Waals surface area contributed by atoms with E-state index in [1.54, 1.807) is 16.7 Å². The van der Waals surface area contributed by atoms with E-state index in [1.807, 2.05) is 0 Å². The molecule has 0 unspecified atom stereocenters. The molecular formula is C17H31N3O4. The Morgan fingerprint density at radius 3 is 2.38 bits per heavy atom. The molecule has 0 bridgehead atoms. The normalized spacial score (nSPS) is 15.3. The second kappa shape index (κ2) is 10.2. The van der Waals surface area contributed by atoms with Crippen LogP contribution in [0.1, 0.15) is 47.0 Å². The molecule has 138 valence electrons. The van der Waals surface area contributed by atoms with Crippen molar-refractivity contribution in [3.05, 3.63) is 0 Å². The number of piperidine rings is 1. The van der Waals surface area contributed by atoms with Crippen molar-refractivity contribution in [2.75, 3.05) is 32.8 Å². The fourth-order valence-corrected chi connectivity index (χ4v) is 2.78. The van der Waals surface area contributed by atoms with Crippen molar-refractivity contribution >= 4 is 17.9 Å². The standard InChI is InChI=1S/C17H31N3O4/c1-5-24-17(23)19-10-7-15(8-11-19)20(14(4)21)12-16(22)18-9-6-13(2)3/h13,15H,5-12H2,1-4H3,(H,18,22). The maximum Gasteiger partial charge on any atom is 0.409 e. The molecule has 7 heteroatoms. The van der Waals surface area contributed by atoms with Crippen molar-refractivity contribution in [3.63, 3.8) is 0 Å². The number of likely N-dealkylation sites (tertiary alicyclic amines) is 1.